The molecule has 0 aliphatic carbocycles. The summed E-state index contributed by atoms with van der Waals surface area (Å²) in [7, 11) is 0. The van der Waals surface area contributed by atoms with Gasteiger partial charge in [-0.15, -0.1) is 11.3 Å². The Morgan fingerprint density at radius 1 is 1.15 bits per heavy atom. The van der Waals surface area contributed by atoms with Crippen molar-refractivity contribution in [2.24, 2.45) is 5.92 Å². The first-order valence-corrected chi connectivity index (χ1v) is 12.8. The number of para-hydroxylation sites is 1. The molecule has 33 heavy (non-hydrogen) atoms. The van der Waals surface area contributed by atoms with Crippen molar-refractivity contribution in [3.63, 3.8) is 0 Å². The van der Waals surface area contributed by atoms with Gasteiger partial charge in [0, 0.05) is 29.1 Å². The molecule has 1 aromatic heterocycles. The zero-order valence-corrected chi connectivity index (χ0v) is 20.4. The average Bonchev–Trinajstić information content (AvgIpc) is 3.32. The number of hydrogen-bond acceptors (Lipinski definition) is 5. The molecule has 0 saturated carbocycles. The molecule has 0 bridgehead atoms. The molecule has 2 heterocycles. The number of benzene rings is 2. The molecule has 0 spiro atoms. The fraction of sp³-hybridized carbons (Fsp3) is 0.444. The van der Waals surface area contributed by atoms with Gasteiger partial charge in [-0.3, -0.25) is 0 Å². The molecule has 1 unspecified atom stereocenters. The van der Waals surface area contributed by atoms with Crippen LogP contribution in [0.3, 0.4) is 0 Å². The van der Waals surface area contributed by atoms with Crippen LogP contribution < -0.4 is 5.32 Å². The Labute approximate surface area is 200 Å². The topological polar surface area (TPSA) is 37.4 Å². The number of thiazole rings is 1. The number of piperidine rings is 1. The first-order chi connectivity index (χ1) is 16.1. The van der Waals surface area contributed by atoms with Crippen molar-refractivity contribution in [1.29, 1.82) is 0 Å². The van der Waals surface area contributed by atoms with E-state index in [4.69, 9.17) is 9.72 Å². The lowest BCUT2D eigenvalue weighted by molar-refractivity contribution is 0.136. The maximum absolute atomic E-state index is 13.3. The van der Waals surface area contributed by atoms with E-state index in [9.17, 15) is 4.39 Å². The van der Waals surface area contributed by atoms with Crippen LogP contribution in [0.1, 0.15) is 49.7 Å². The Morgan fingerprint density at radius 3 is 2.67 bits per heavy atom. The molecule has 1 N–H and O–H groups in total. The van der Waals surface area contributed by atoms with Crippen LogP contribution in [0.2, 0.25) is 0 Å². The van der Waals surface area contributed by atoms with Crippen LogP contribution in [0.15, 0.2) is 53.9 Å². The van der Waals surface area contributed by atoms with Gasteiger partial charge in [-0.05, 0) is 55.6 Å². The Balaban J connectivity index is 1.24. The summed E-state index contributed by atoms with van der Waals surface area (Å²) < 4.78 is 19.1. The summed E-state index contributed by atoms with van der Waals surface area (Å²) in [4.78, 5) is 7.47. The first kappa shape index (κ1) is 23.9. The van der Waals surface area contributed by atoms with E-state index in [2.05, 4.69) is 29.4 Å². The largest absolute Gasteiger partial charge is 0.362 e. The normalized spacial score (nSPS) is 16.1. The summed E-state index contributed by atoms with van der Waals surface area (Å²) in [6.07, 6.45) is 3.65. The third-order valence-corrected chi connectivity index (χ3v) is 7.53. The number of aromatic nitrogens is 1. The van der Waals surface area contributed by atoms with Gasteiger partial charge in [-0.25, -0.2) is 9.37 Å². The molecule has 1 aliphatic rings. The van der Waals surface area contributed by atoms with Gasteiger partial charge in [0.05, 0.1) is 17.3 Å². The molecule has 3 aromatic rings. The third-order valence-electron chi connectivity index (χ3n) is 6.47. The SMILES string of the molecule is CCC(C)CN1CCC(c2nc(COCNc3ccccc3-c3ccc(F)cc3)cs2)CC1. The van der Waals surface area contributed by atoms with Crippen molar-refractivity contribution in [2.45, 2.75) is 45.6 Å². The first-order valence-electron chi connectivity index (χ1n) is 12.0. The summed E-state index contributed by atoms with van der Waals surface area (Å²) in [6, 6.07) is 14.6. The van der Waals surface area contributed by atoms with Crippen molar-refractivity contribution in [2.75, 3.05) is 31.7 Å². The lowest BCUT2D eigenvalue weighted by Crippen LogP contribution is -2.35. The van der Waals surface area contributed by atoms with Gasteiger partial charge in [-0.2, -0.15) is 0 Å². The van der Waals surface area contributed by atoms with Crippen LogP contribution in [0, 0.1) is 11.7 Å². The minimum absolute atomic E-state index is 0.230. The van der Waals surface area contributed by atoms with E-state index in [1.807, 2.05) is 24.3 Å². The summed E-state index contributed by atoms with van der Waals surface area (Å²) >= 11 is 1.77. The van der Waals surface area contributed by atoms with E-state index in [0.29, 0.717) is 19.3 Å². The van der Waals surface area contributed by atoms with Crippen LogP contribution in [-0.2, 0) is 11.3 Å². The fourth-order valence-corrected chi connectivity index (χ4v) is 5.29. The molecule has 176 valence electrons. The summed E-state index contributed by atoms with van der Waals surface area (Å²) in [5.41, 5.74) is 3.97. The van der Waals surface area contributed by atoms with Gasteiger partial charge < -0.3 is 15.0 Å². The van der Waals surface area contributed by atoms with Gasteiger partial charge in [0.1, 0.15) is 12.5 Å². The second-order valence-electron chi connectivity index (χ2n) is 8.99. The number of likely N-dealkylation sites (tertiary alicyclic amines) is 1. The molecule has 1 aliphatic heterocycles. The Bertz CT molecular complexity index is 999. The predicted octanol–water partition coefficient (Wildman–Crippen LogP) is 6.76. The Kier molecular flexibility index (Phi) is 8.48. The molecule has 1 atom stereocenters. The number of halogens is 1. The molecule has 6 heteroatoms. The highest BCUT2D eigenvalue weighted by Crippen LogP contribution is 2.31. The predicted molar refractivity (Wildman–Crippen MR) is 135 cm³/mol. The third kappa shape index (κ3) is 6.62. The highest BCUT2D eigenvalue weighted by molar-refractivity contribution is 7.09. The smallest absolute Gasteiger partial charge is 0.123 e. The van der Waals surface area contributed by atoms with E-state index in [1.165, 1.54) is 56.0 Å². The van der Waals surface area contributed by atoms with Gasteiger partial charge >= 0.3 is 0 Å². The van der Waals surface area contributed by atoms with Gasteiger partial charge in [0.2, 0.25) is 0 Å². The molecule has 0 amide bonds. The van der Waals surface area contributed by atoms with Crippen LogP contribution in [0.5, 0.6) is 0 Å². The van der Waals surface area contributed by atoms with Crippen molar-refractivity contribution in [1.82, 2.24) is 9.88 Å². The fourth-order valence-electron chi connectivity index (χ4n) is 4.31. The van der Waals surface area contributed by atoms with Gasteiger partial charge in [0.25, 0.3) is 0 Å². The summed E-state index contributed by atoms with van der Waals surface area (Å²) in [5.74, 6) is 1.13. The maximum atomic E-state index is 13.3. The Morgan fingerprint density at radius 2 is 1.91 bits per heavy atom. The van der Waals surface area contributed by atoms with Crippen molar-refractivity contribution >= 4 is 17.0 Å². The minimum Gasteiger partial charge on any atom is -0.362 e. The monoisotopic (exact) mass is 467 g/mol. The molecule has 1 saturated heterocycles. The van der Waals surface area contributed by atoms with Crippen LogP contribution >= 0.6 is 11.3 Å². The van der Waals surface area contributed by atoms with Crippen molar-refractivity contribution in [3.05, 3.63) is 70.4 Å². The second kappa shape index (κ2) is 11.7. The summed E-state index contributed by atoms with van der Waals surface area (Å²) in [5, 5.41) is 6.73. The second-order valence-corrected chi connectivity index (χ2v) is 9.88. The zero-order valence-electron chi connectivity index (χ0n) is 19.6. The van der Waals surface area contributed by atoms with Crippen LogP contribution in [0.25, 0.3) is 11.1 Å². The van der Waals surface area contributed by atoms with Crippen LogP contribution in [0.4, 0.5) is 10.1 Å². The molecular weight excluding hydrogens is 433 g/mol. The minimum atomic E-state index is -0.230. The van der Waals surface area contributed by atoms with E-state index < -0.39 is 0 Å². The van der Waals surface area contributed by atoms with E-state index in [0.717, 1.165) is 28.4 Å². The van der Waals surface area contributed by atoms with Crippen molar-refractivity contribution < 1.29 is 9.13 Å². The van der Waals surface area contributed by atoms with E-state index >= 15 is 0 Å². The average molecular weight is 468 g/mol. The Hall–Kier alpha value is -2.28. The molecule has 0 radical (unpaired) electrons. The molecular formula is C27H34FN3OS. The molecule has 4 rings (SSSR count). The highest BCUT2D eigenvalue weighted by Gasteiger charge is 2.23. The number of anilines is 1. The molecule has 2 aromatic carbocycles. The lowest BCUT2D eigenvalue weighted by atomic mass is 9.96. The lowest BCUT2D eigenvalue weighted by Gasteiger charge is -2.32. The number of rotatable bonds is 10. The summed E-state index contributed by atoms with van der Waals surface area (Å²) in [6.45, 7) is 9.08. The maximum Gasteiger partial charge on any atom is 0.123 e. The standard InChI is InChI=1S/C27H34FN3OS/c1-3-20(2)16-31-14-12-22(13-15-31)27-30-24(18-33-27)17-32-19-29-26-7-5-4-6-25(26)21-8-10-23(28)11-9-21/h4-11,18,20,22,29H,3,12-17,19H2,1-2H3. The van der Waals surface area contributed by atoms with Gasteiger partial charge in [-0.1, -0.05) is 50.6 Å². The van der Waals surface area contributed by atoms with E-state index in [-0.39, 0.29) is 5.82 Å². The van der Waals surface area contributed by atoms with E-state index in [1.54, 1.807) is 23.5 Å². The molecule has 4 nitrogen and oxygen atoms in total. The highest BCUT2D eigenvalue weighted by atomic mass is 32.1. The zero-order chi connectivity index (χ0) is 23.0. The number of nitrogens with one attached hydrogen (secondary N) is 1. The van der Waals surface area contributed by atoms with Crippen LogP contribution in [-0.4, -0.2) is 36.2 Å². The quantitative estimate of drug-likeness (QED) is 0.264. The number of ether oxygens (including phenoxy) is 1. The van der Waals surface area contributed by atoms with Crippen molar-refractivity contribution in [3.8, 4) is 11.1 Å². The number of nitrogens with zero attached hydrogens (tertiary/aromatic N) is 2. The number of hydrogen-bond donors (Lipinski definition) is 1. The van der Waals surface area contributed by atoms with Gasteiger partial charge in [0.15, 0.2) is 0 Å². The molecule has 1 fully saturated rings.